The average Bonchev–Trinajstić information content (AvgIpc) is 3.63. The molecule has 2 aromatic rings. The fourth-order valence-electron chi connectivity index (χ4n) is 7.42. The maximum atomic E-state index is 6.10. The van der Waals surface area contributed by atoms with E-state index in [4.69, 9.17) is 23.7 Å². The number of rotatable bonds is 14. The van der Waals surface area contributed by atoms with E-state index in [0.29, 0.717) is 0 Å². The molecule has 0 atom stereocenters. The minimum absolute atomic E-state index is 0.180. The van der Waals surface area contributed by atoms with Crippen LogP contribution >= 0.6 is 0 Å². The van der Waals surface area contributed by atoms with Crippen molar-refractivity contribution in [1.29, 1.82) is 0 Å². The highest BCUT2D eigenvalue weighted by atomic mass is 16.5. The Kier molecular flexibility index (Phi) is 10.7. The van der Waals surface area contributed by atoms with Crippen LogP contribution in [0.4, 0.5) is 11.4 Å². The minimum atomic E-state index is -0.180. The number of hydrogen-bond donors (Lipinski definition) is 0. The predicted molar refractivity (Wildman–Crippen MR) is 191 cm³/mol. The van der Waals surface area contributed by atoms with Crippen LogP contribution in [0, 0.1) is 0 Å². The van der Waals surface area contributed by atoms with Gasteiger partial charge in [0.05, 0.1) is 33.4 Å². The molecule has 3 aliphatic rings. The van der Waals surface area contributed by atoms with E-state index in [0.717, 1.165) is 69.2 Å². The molecule has 2 aromatic carbocycles. The molecule has 0 bridgehead atoms. The third-order valence-corrected chi connectivity index (χ3v) is 9.99. The smallest absolute Gasteiger partial charge is 0.210 e. The van der Waals surface area contributed by atoms with Crippen molar-refractivity contribution in [3.63, 3.8) is 0 Å². The Labute approximate surface area is 281 Å². The summed E-state index contributed by atoms with van der Waals surface area (Å²) in [5.41, 5.74) is 9.66. The Bertz CT molecular complexity index is 1620. The van der Waals surface area contributed by atoms with Gasteiger partial charge in [-0.1, -0.05) is 19.9 Å². The summed E-state index contributed by atoms with van der Waals surface area (Å²) in [5.74, 6) is 2.74. The molecule has 2 aliphatic heterocycles. The molecule has 1 aliphatic carbocycles. The number of ether oxygens (including phenoxy) is 5. The van der Waals surface area contributed by atoms with Crippen LogP contribution in [0.2, 0.25) is 0 Å². The SMILES string of the molecule is COCCCN1/C(=C/C=C2\CCC(/C=C/C3=[N+](CCCOC)c4ccc(OC)cc4C3(C)C)=C2OC)C(C)(C)c2cc(OC)ccc21. The molecular formula is C40H53N2O5+. The first-order valence-corrected chi connectivity index (χ1v) is 16.8. The molecule has 2 heterocycles. The van der Waals surface area contributed by atoms with Gasteiger partial charge < -0.3 is 28.6 Å². The first kappa shape index (κ1) is 34.5. The summed E-state index contributed by atoms with van der Waals surface area (Å²) >= 11 is 0. The van der Waals surface area contributed by atoms with E-state index in [2.05, 4.69) is 97.9 Å². The van der Waals surface area contributed by atoms with E-state index in [9.17, 15) is 0 Å². The van der Waals surface area contributed by atoms with E-state index < -0.39 is 0 Å². The second-order valence-corrected chi connectivity index (χ2v) is 13.5. The number of hydrogen-bond acceptors (Lipinski definition) is 6. The monoisotopic (exact) mass is 641 g/mol. The van der Waals surface area contributed by atoms with Gasteiger partial charge in [0.1, 0.15) is 17.3 Å². The summed E-state index contributed by atoms with van der Waals surface area (Å²) in [7, 11) is 8.78. The van der Waals surface area contributed by atoms with Gasteiger partial charge in [0.25, 0.3) is 0 Å². The lowest BCUT2D eigenvalue weighted by Crippen LogP contribution is -2.28. The Hall–Kier alpha value is -3.81. The molecule has 0 radical (unpaired) electrons. The number of anilines is 1. The van der Waals surface area contributed by atoms with Crippen LogP contribution in [0.15, 0.2) is 83.3 Å². The van der Waals surface area contributed by atoms with Crippen molar-refractivity contribution >= 4 is 17.1 Å². The Morgan fingerprint density at radius 3 is 2.11 bits per heavy atom. The molecule has 5 rings (SSSR count). The second-order valence-electron chi connectivity index (χ2n) is 13.5. The maximum absolute atomic E-state index is 6.10. The van der Waals surface area contributed by atoms with E-state index >= 15 is 0 Å². The van der Waals surface area contributed by atoms with Gasteiger partial charge in [-0.25, -0.2) is 0 Å². The second kappa shape index (κ2) is 14.5. The van der Waals surface area contributed by atoms with Crippen LogP contribution in [0.5, 0.6) is 11.5 Å². The molecule has 7 heteroatoms. The van der Waals surface area contributed by atoms with Crippen LogP contribution in [0.25, 0.3) is 0 Å². The topological polar surface area (TPSA) is 52.4 Å². The van der Waals surface area contributed by atoms with Crippen LogP contribution in [-0.2, 0) is 25.0 Å². The van der Waals surface area contributed by atoms with Crippen molar-refractivity contribution in [1.82, 2.24) is 0 Å². The summed E-state index contributed by atoms with van der Waals surface area (Å²) in [5, 5.41) is 0. The zero-order valence-corrected chi connectivity index (χ0v) is 29.9. The molecule has 0 saturated heterocycles. The highest BCUT2D eigenvalue weighted by Gasteiger charge is 2.45. The molecular weight excluding hydrogens is 588 g/mol. The lowest BCUT2D eigenvalue weighted by atomic mass is 9.81. The summed E-state index contributed by atoms with van der Waals surface area (Å²) in [6.07, 6.45) is 12.9. The van der Waals surface area contributed by atoms with Crippen LogP contribution in [0.3, 0.4) is 0 Å². The maximum Gasteiger partial charge on any atom is 0.210 e. The molecule has 47 heavy (non-hydrogen) atoms. The van der Waals surface area contributed by atoms with Crippen molar-refractivity contribution < 1.29 is 28.3 Å². The fraction of sp³-hybridized carbons (Fsp3) is 0.475. The molecule has 0 saturated carbocycles. The molecule has 252 valence electrons. The fourth-order valence-corrected chi connectivity index (χ4v) is 7.42. The molecule has 0 aromatic heterocycles. The highest BCUT2D eigenvalue weighted by molar-refractivity contribution is 6.03. The standard InChI is InChI=1S/C40H53N2O5/c1-39(2)32-26-30(45-7)16-18-34(32)41(22-10-24-43-5)36(39)20-14-28-12-13-29(38(28)47-9)15-21-37-40(3,4)33-27-31(46-8)17-19-35(33)42(37)23-11-25-44-6/h14-21,26-27H,10-13,22-25H2,1-9H3/q+1. The number of fused-ring (bicyclic) bond motifs is 2. The third-order valence-electron chi connectivity index (χ3n) is 9.99. The van der Waals surface area contributed by atoms with Crippen LogP contribution in [0.1, 0.15) is 64.5 Å². The average molecular weight is 642 g/mol. The molecule has 7 nitrogen and oxygen atoms in total. The van der Waals surface area contributed by atoms with E-state index in [1.54, 1.807) is 35.5 Å². The summed E-state index contributed by atoms with van der Waals surface area (Å²) in [6.45, 7) is 12.4. The van der Waals surface area contributed by atoms with Crippen molar-refractivity contribution in [2.24, 2.45) is 0 Å². The van der Waals surface area contributed by atoms with Crippen molar-refractivity contribution in [2.75, 3.05) is 66.8 Å². The van der Waals surface area contributed by atoms with E-state index in [-0.39, 0.29) is 10.8 Å². The summed E-state index contributed by atoms with van der Waals surface area (Å²) in [4.78, 5) is 2.44. The third kappa shape index (κ3) is 6.66. The summed E-state index contributed by atoms with van der Waals surface area (Å²) in [6, 6.07) is 12.8. The van der Waals surface area contributed by atoms with Gasteiger partial charge in [-0.15, -0.1) is 0 Å². The van der Waals surface area contributed by atoms with Crippen molar-refractivity contribution in [3.8, 4) is 11.5 Å². The minimum Gasteiger partial charge on any atom is -0.497 e. The molecule has 0 amide bonds. The van der Waals surface area contributed by atoms with Gasteiger partial charge in [-0.05, 0) is 92.3 Å². The number of nitrogens with zero attached hydrogens (tertiary/aromatic N) is 2. The van der Waals surface area contributed by atoms with Gasteiger partial charge in [0, 0.05) is 68.3 Å². The number of allylic oxidation sites excluding steroid dienone is 7. The number of benzene rings is 2. The quantitative estimate of drug-likeness (QED) is 0.154. The van der Waals surface area contributed by atoms with E-state index in [1.807, 2.05) is 0 Å². The zero-order chi connectivity index (χ0) is 33.8. The normalized spacial score (nSPS) is 19.8. The Balaban J connectivity index is 1.49. The van der Waals surface area contributed by atoms with E-state index in [1.165, 1.54) is 45.1 Å². The lowest BCUT2D eigenvalue weighted by molar-refractivity contribution is -0.438. The van der Waals surface area contributed by atoms with Crippen LogP contribution in [-0.4, -0.2) is 72.1 Å². The van der Waals surface area contributed by atoms with Gasteiger partial charge in [0.2, 0.25) is 5.69 Å². The van der Waals surface area contributed by atoms with Gasteiger partial charge in [-0.3, -0.25) is 0 Å². The Morgan fingerprint density at radius 2 is 1.43 bits per heavy atom. The van der Waals surface area contributed by atoms with Crippen molar-refractivity contribution in [3.05, 3.63) is 94.4 Å². The molecule has 0 spiro atoms. The first-order valence-electron chi connectivity index (χ1n) is 16.8. The summed E-state index contributed by atoms with van der Waals surface area (Å²) < 4.78 is 30.6. The highest BCUT2D eigenvalue weighted by Crippen LogP contribution is 2.49. The van der Waals surface area contributed by atoms with Crippen molar-refractivity contribution in [2.45, 2.75) is 64.2 Å². The van der Waals surface area contributed by atoms with Gasteiger partial charge >= 0.3 is 0 Å². The predicted octanol–water partition coefficient (Wildman–Crippen LogP) is 8.01. The van der Waals surface area contributed by atoms with Gasteiger partial charge in [0.15, 0.2) is 12.3 Å². The molecule has 0 unspecified atom stereocenters. The van der Waals surface area contributed by atoms with Crippen LogP contribution < -0.4 is 14.4 Å². The Morgan fingerprint density at radius 1 is 0.745 bits per heavy atom. The zero-order valence-electron chi connectivity index (χ0n) is 29.9. The van der Waals surface area contributed by atoms with Gasteiger partial charge in [-0.2, -0.15) is 4.58 Å². The first-order chi connectivity index (χ1) is 22.6. The lowest BCUT2D eigenvalue weighted by Gasteiger charge is -2.27. The molecule has 0 N–H and O–H groups in total. The largest absolute Gasteiger partial charge is 0.497 e. The molecule has 0 fully saturated rings. The number of methoxy groups -OCH3 is 5.